The molecule has 1 unspecified atom stereocenters. The summed E-state index contributed by atoms with van der Waals surface area (Å²) in [5, 5.41) is 10.8. The number of nitrogens with one attached hydrogen (secondary N) is 3. The van der Waals surface area contributed by atoms with Crippen molar-refractivity contribution in [2.75, 3.05) is 10.6 Å². The number of hydrogen-bond donors (Lipinski definition) is 3. The van der Waals surface area contributed by atoms with Gasteiger partial charge in [0, 0.05) is 27.1 Å². The summed E-state index contributed by atoms with van der Waals surface area (Å²) < 4.78 is 0. The number of aryl methyl sites for hydroxylation is 1. The first kappa shape index (κ1) is 35.1. The summed E-state index contributed by atoms with van der Waals surface area (Å²) in [7, 11) is 0. The summed E-state index contributed by atoms with van der Waals surface area (Å²) in [6.45, 7) is 4.00. The van der Waals surface area contributed by atoms with Gasteiger partial charge in [-0.1, -0.05) is 116 Å². The zero-order valence-corrected chi connectivity index (χ0v) is 29.8. The summed E-state index contributed by atoms with van der Waals surface area (Å²) in [5.74, 6) is -1.02. The second-order valence-electron chi connectivity index (χ2n) is 11.8. The molecular weight excluding hydrogens is 673 g/mol. The van der Waals surface area contributed by atoms with Crippen LogP contribution < -0.4 is 16.0 Å². The largest absolute Gasteiger partial charge is 0.321 e. The maximum atomic E-state index is 13.7. The Hall–Kier alpha value is -5.77. The van der Waals surface area contributed by atoms with E-state index < -0.39 is 11.8 Å². The molecule has 0 saturated heterocycles. The third-order valence-electron chi connectivity index (χ3n) is 7.97. The molecule has 6 aromatic rings. The molecule has 0 saturated carbocycles. The highest BCUT2D eigenvalue weighted by molar-refractivity contribution is 8.00. The van der Waals surface area contributed by atoms with Crippen LogP contribution in [0.25, 0.3) is 28.5 Å². The molecule has 1 aromatic heterocycles. The fraction of sp³-hybridized carbons (Fsp3) is 0.0952. The number of carbonyl (C=O) groups is 3. The molecule has 3 amide bonds. The zero-order chi connectivity index (χ0) is 35.6. The van der Waals surface area contributed by atoms with E-state index in [0.717, 1.165) is 32.8 Å². The quantitative estimate of drug-likeness (QED) is 0.0869. The van der Waals surface area contributed by atoms with Crippen LogP contribution in [0.2, 0.25) is 0 Å². The van der Waals surface area contributed by atoms with E-state index in [0.29, 0.717) is 22.8 Å². The Labute approximate surface area is 305 Å². The van der Waals surface area contributed by atoms with Gasteiger partial charge >= 0.3 is 0 Å². The molecule has 5 aromatic carbocycles. The molecule has 0 spiro atoms. The first-order valence-electron chi connectivity index (χ1n) is 16.5. The van der Waals surface area contributed by atoms with E-state index in [9.17, 15) is 14.4 Å². The van der Waals surface area contributed by atoms with Crippen molar-refractivity contribution in [1.82, 2.24) is 10.3 Å². The number of carbonyl (C=O) groups excluding carboxylic acids is 3. The predicted molar refractivity (Wildman–Crippen MR) is 210 cm³/mol. The smallest absolute Gasteiger partial charge is 0.272 e. The van der Waals surface area contributed by atoms with E-state index in [1.54, 1.807) is 36.4 Å². The maximum absolute atomic E-state index is 13.7. The molecule has 51 heavy (non-hydrogen) atoms. The van der Waals surface area contributed by atoms with Gasteiger partial charge in [-0.2, -0.15) is 0 Å². The van der Waals surface area contributed by atoms with Gasteiger partial charge in [0.05, 0.1) is 10.9 Å². The number of amides is 3. The second kappa shape index (κ2) is 16.8. The van der Waals surface area contributed by atoms with Gasteiger partial charge in [-0.05, 0) is 66.4 Å². The Morgan fingerprint density at radius 1 is 0.765 bits per heavy atom. The number of benzene rings is 5. The lowest BCUT2D eigenvalue weighted by atomic mass is 10.0. The number of aromatic nitrogens is 1. The number of hydrogen-bond acceptors (Lipinski definition) is 6. The third-order valence-corrected chi connectivity index (χ3v) is 10.1. The molecule has 0 aliphatic heterocycles. The Morgan fingerprint density at radius 3 is 2.14 bits per heavy atom. The molecule has 0 aliphatic carbocycles. The van der Waals surface area contributed by atoms with E-state index >= 15 is 0 Å². The van der Waals surface area contributed by atoms with Crippen molar-refractivity contribution in [3.63, 3.8) is 0 Å². The van der Waals surface area contributed by atoms with Crippen molar-refractivity contribution in [2.45, 2.75) is 30.4 Å². The van der Waals surface area contributed by atoms with Crippen molar-refractivity contribution >= 4 is 57.7 Å². The lowest BCUT2D eigenvalue weighted by Crippen LogP contribution is -2.30. The van der Waals surface area contributed by atoms with Crippen LogP contribution in [0, 0.1) is 6.92 Å². The fourth-order valence-corrected chi connectivity index (χ4v) is 6.95. The molecule has 7 nitrogen and oxygen atoms in total. The molecule has 9 heteroatoms. The molecule has 6 rings (SSSR count). The van der Waals surface area contributed by atoms with E-state index in [2.05, 4.69) is 20.9 Å². The number of thioether (sulfide) groups is 1. The van der Waals surface area contributed by atoms with Gasteiger partial charge in [0.25, 0.3) is 11.8 Å². The number of rotatable bonds is 12. The summed E-state index contributed by atoms with van der Waals surface area (Å²) >= 11 is 2.80. The standard InChI is InChI=1S/C42H36N4O3S2/c1-3-38(41(49)46-42-45-37(27-50-42)32-21-17-28(2)18-22-32)51-35-16-10-15-34(26-35)43-40(48)36(44-39(47)33-13-8-5-9-14-33)25-29-19-23-31(24-20-29)30-11-6-4-7-12-30/h4-27,38H,3H2,1-2H3,(H,43,48)(H,44,47)(H,45,46,49)/b36-25+. The molecule has 0 aliphatic rings. The van der Waals surface area contributed by atoms with Crippen LogP contribution in [0.4, 0.5) is 10.8 Å². The average molecular weight is 709 g/mol. The van der Waals surface area contributed by atoms with E-state index in [1.807, 2.05) is 122 Å². The second-order valence-corrected chi connectivity index (χ2v) is 13.9. The van der Waals surface area contributed by atoms with Crippen LogP contribution in [0.5, 0.6) is 0 Å². The van der Waals surface area contributed by atoms with Crippen LogP contribution in [-0.4, -0.2) is 28.0 Å². The van der Waals surface area contributed by atoms with Crippen molar-refractivity contribution in [3.05, 3.63) is 161 Å². The van der Waals surface area contributed by atoms with Crippen LogP contribution >= 0.6 is 23.1 Å². The highest BCUT2D eigenvalue weighted by Crippen LogP contribution is 2.30. The first-order chi connectivity index (χ1) is 24.8. The lowest BCUT2D eigenvalue weighted by molar-refractivity contribution is -0.116. The van der Waals surface area contributed by atoms with E-state index in [1.165, 1.54) is 28.7 Å². The molecule has 3 N–H and O–H groups in total. The van der Waals surface area contributed by atoms with Gasteiger partial charge in [-0.15, -0.1) is 23.1 Å². The summed E-state index contributed by atoms with van der Waals surface area (Å²) in [6.07, 6.45) is 2.24. The van der Waals surface area contributed by atoms with Crippen molar-refractivity contribution in [2.24, 2.45) is 0 Å². The SMILES string of the molecule is CCC(Sc1cccc(NC(=O)/C(=C\c2ccc(-c3ccccc3)cc2)NC(=O)c2ccccc2)c1)C(=O)Nc1nc(-c2ccc(C)cc2)cs1. The molecule has 0 bridgehead atoms. The van der Waals surface area contributed by atoms with Gasteiger partial charge in [-0.25, -0.2) is 4.98 Å². The lowest BCUT2D eigenvalue weighted by Gasteiger charge is -2.15. The minimum absolute atomic E-state index is 0.0913. The molecular formula is C42H36N4O3S2. The van der Waals surface area contributed by atoms with E-state index in [-0.39, 0.29) is 16.9 Å². The summed E-state index contributed by atoms with van der Waals surface area (Å²) in [5.41, 5.74) is 6.91. The summed E-state index contributed by atoms with van der Waals surface area (Å²) in [4.78, 5) is 45.6. The highest BCUT2D eigenvalue weighted by Gasteiger charge is 2.21. The average Bonchev–Trinajstić information content (AvgIpc) is 3.63. The number of thiazole rings is 1. The Bertz CT molecular complexity index is 2150. The van der Waals surface area contributed by atoms with Crippen LogP contribution in [-0.2, 0) is 9.59 Å². The Balaban J connectivity index is 1.15. The highest BCUT2D eigenvalue weighted by atomic mass is 32.2. The van der Waals surface area contributed by atoms with Gasteiger partial charge in [0.2, 0.25) is 5.91 Å². The molecule has 1 atom stereocenters. The Kier molecular flexibility index (Phi) is 11.5. The zero-order valence-electron chi connectivity index (χ0n) is 28.1. The minimum Gasteiger partial charge on any atom is -0.321 e. The maximum Gasteiger partial charge on any atom is 0.272 e. The number of anilines is 2. The third kappa shape index (κ3) is 9.48. The molecule has 0 radical (unpaired) electrons. The molecule has 254 valence electrons. The number of nitrogens with zero attached hydrogens (tertiary/aromatic N) is 1. The predicted octanol–water partition coefficient (Wildman–Crippen LogP) is 9.70. The van der Waals surface area contributed by atoms with Crippen LogP contribution in [0.15, 0.2) is 149 Å². The van der Waals surface area contributed by atoms with Crippen LogP contribution in [0.1, 0.15) is 34.8 Å². The fourth-order valence-electron chi connectivity index (χ4n) is 5.22. The van der Waals surface area contributed by atoms with Gasteiger partial charge in [0.15, 0.2) is 5.13 Å². The monoisotopic (exact) mass is 708 g/mol. The normalized spacial score (nSPS) is 11.8. The van der Waals surface area contributed by atoms with Crippen molar-refractivity contribution in [3.8, 4) is 22.4 Å². The first-order valence-corrected chi connectivity index (χ1v) is 18.3. The van der Waals surface area contributed by atoms with Crippen molar-refractivity contribution < 1.29 is 14.4 Å². The van der Waals surface area contributed by atoms with Gasteiger partial charge < -0.3 is 16.0 Å². The minimum atomic E-state index is -0.480. The van der Waals surface area contributed by atoms with E-state index in [4.69, 9.17) is 0 Å². The topological polar surface area (TPSA) is 100 Å². The Morgan fingerprint density at radius 2 is 1.43 bits per heavy atom. The van der Waals surface area contributed by atoms with Crippen molar-refractivity contribution in [1.29, 1.82) is 0 Å². The summed E-state index contributed by atoms with van der Waals surface area (Å²) in [6, 6.07) is 42.0. The van der Waals surface area contributed by atoms with Gasteiger partial charge in [0.1, 0.15) is 5.70 Å². The molecule has 0 fully saturated rings. The molecule has 1 heterocycles. The van der Waals surface area contributed by atoms with Gasteiger partial charge in [-0.3, -0.25) is 14.4 Å². The van der Waals surface area contributed by atoms with Crippen LogP contribution in [0.3, 0.4) is 0 Å².